The van der Waals surface area contributed by atoms with Crippen LogP contribution >= 0.6 is 48.0 Å². The normalized spacial score (nSPS) is 17.8. The van der Waals surface area contributed by atoms with Gasteiger partial charge in [-0.25, -0.2) is 0 Å². The van der Waals surface area contributed by atoms with Crippen LogP contribution in [0, 0.1) is 0 Å². The number of fused-ring (bicyclic) bond motifs is 1. The third kappa shape index (κ3) is 5.33. The molecule has 0 aliphatic heterocycles. The van der Waals surface area contributed by atoms with Gasteiger partial charge in [-0.15, -0.1) is 24.8 Å². The van der Waals surface area contributed by atoms with Crippen LogP contribution in [-0.4, -0.2) is 12.4 Å². The van der Waals surface area contributed by atoms with Gasteiger partial charge in [0, 0.05) is 0 Å². The third-order valence-corrected chi connectivity index (χ3v) is 18.3. The molecule has 0 radical (unpaired) electrons. The predicted octanol–water partition coefficient (Wildman–Crippen LogP) is 5.93. The smallest absolute Gasteiger partial charge is 0.147 e. The minimum atomic E-state index is -3.17. The van der Waals surface area contributed by atoms with Gasteiger partial charge in [-0.1, -0.05) is 0 Å². The molecule has 132 valence electrons. The van der Waals surface area contributed by atoms with E-state index in [-0.39, 0.29) is 30.4 Å². The Morgan fingerprint density at radius 1 is 1.13 bits per heavy atom. The van der Waals surface area contributed by atoms with Crippen LogP contribution in [0.5, 0.6) is 0 Å². The maximum absolute atomic E-state index is 6.41. The summed E-state index contributed by atoms with van der Waals surface area (Å²) in [5, 5.41) is 1.50. The van der Waals surface area contributed by atoms with Gasteiger partial charge in [-0.05, 0) is 0 Å². The van der Waals surface area contributed by atoms with E-state index in [0.717, 1.165) is 15.6 Å². The first-order valence-electron chi connectivity index (χ1n) is 7.33. The van der Waals surface area contributed by atoms with Crippen molar-refractivity contribution in [3.63, 3.8) is 0 Å². The molecule has 0 saturated carbocycles. The van der Waals surface area contributed by atoms with E-state index in [4.69, 9.17) is 23.2 Å². The van der Waals surface area contributed by atoms with Gasteiger partial charge in [0.1, 0.15) is 0 Å². The second-order valence-corrected chi connectivity index (χ2v) is 38.0. The van der Waals surface area contributed by atoms with Crippen molar-refractivity contribution in [2.75, 3.05) is 0 Å². The minimum absolute atomic E-state index is 0. The van der Waals surface area contributed by atoms with E-state index in [9.17, 15) is 0 Å². The summed E-state index contributed by atoms with van der Waals surface area (Å²) in [6.45, 7) is 11.2. The molecule has 1 atom stereocenters. The van der Waals surface area contributed by atoms with Crippen LogP contribution in [0.2, 0.25) is 19.3 Å². The maximum Gasteiger partial charge on any atom is -0.147 e. The Kier molecular flexibility index (Phi) is 7.81. The van der Waals surface area contributed by atoms with Crippen LogP contribution in [0.4, 0.5) is 0 Å². The van der Waals surface area contributed by atoms with Crippen molar-refractivity contribution in [1.29, 1.82) is 0 Å². The molecule has 0 spiro atoms. The van der Waals surface area contributed by atoms with Crippen molar-refractivity contribution < 1.29 is 17.7 Å². The molecule has 0 saturated heterocycles. The first-order valence-corrected chi connectivity index (χ1v) is 21.6. The number of hydrogen-bond donors (Lipinski definition) is 1. The second kappa shape index (κ2) is 7.43. The fraction of sp³-hybridized carbons (Fsp3) is 0.500. The average molecular weight is 495 g/mol. The number of nitrogens with one attached hydrogen (secondary N) is 1. The summed E-state index contributed by atoms with van der Waals surface area (Å²) in [6.07, 6.45) is 2.25. The van der Waals surface area contributed by atoms with Crippen molar-refractivity contribution in [1.82, 2.24) is 3.26 Å². The number of halogens is 4. The number of rotatable bonds is 2. The fourth-order valence-corrected chi connectivity index (χ4v) is 24.2. The van der Waals surface area contributed by atoms with Gasteiger partial charge >= 0.3 is 142 Å². The third-order valence-electron chi connectivity index (χ3n) is 3.98. The summed E-state index contributed by atoms with van der Waals surface area (Å²) < 4.78 is 9.44. The zero-order chi connectivity index (χ0) is 16.2. The molecule has 1 unspecified atom stereocenters. The molecule has 1 aliphatic rings. The molecule has 23 heavy (non-hydrogen) atoms. The van der Waals surface area contributed by atoms with Gasteiger partial charge in [0.25, 0.3) is 0 Å². The van der Waals surface area contributed by atoms with Crippen LogP contribution in [0.3, 0.4) is 0 Å². The van der Waals surface area contributed by atoms with Crippen molar-refractivity contribution in [3.05, 3.63) is 38.9 Å². The second-order valence-electron chi connectivity index (χ2n) is 8.40. The van der Waals surface area contributed by atoms with E-state index < -0.39 is 17.7 Å². The van der Waals surface area contributed by atoms with E-state index in [1.165, 1.54) is 11.1 Å². The van der Waals surface area contributed by atoms with Crippen LogP contribution < -0.4 is 3.26 Å². The van der Waals surface area contributed by atoms with Gasteiger partial charge in [0.05, 0.1) is 0 Å². The molecule has 1 aromatic rings. The molecular formula is C16H27Cl4NSiZr. The fourth-order valence-electron chi connectivity index (χ4n) is 4.08. The average Bonchev–Trinajstić information content (AvgIpc) is 2.50. The van der Waals surface area contributed by atoms with Gasteiger partial charge in [0.15, 0.2) is 0 Å². The molecule has 2 rings (SSSR count). The van der Waals surface area contributed by atoms with Crippen LogP contribution in [0.25, 0.3) is 6.08 Å². The first kappa shape index (κ1) is 24.2. The summed E-state index contributed by atoms with van der Waals surface area (Å²) in [5.74, 6) is 0. The van der Waals surface area contributed by atoms with E-state index in [1.807, 2.05) is 6.07 Å². The summed E-state index contributed by atoms with van der Waals surface area (Å²) >= 11 is 9.51. The number of benzene rings is 1. The molecule has 1 aliphatic carbocycles. The molecular weight excluding hydrogens is 467 g/mol. The van der Waals surface area contributed by atoms with Crippen LogP contribution in [-0.2, 0) is 17.7 Å². The van der Waals surface area contributed by atoms with Gasteiger partial charge < -0.3 is 0 Å². The quantitative estimate of drug-likeness (QED) is 0.503. The van der Waals surface area contributed by atoms with Crippen LogP contribution in [0.1, 0.15) is 42.4 Å². The zero-order valence-electron chi connectivity index (χ0n) is 14.6. The predicted molar refractivity (Wildman–Crippen MR) is 111 cm³/mol. The summed E-state index contributed by atoms with van der Waals surface area (Å²) in [4.78, 5) is 0. The van der Waals surface area contributed by atoms with E-state index >= 15 is 0 Å². The van der Waals surface area contributed by atoms with Crippen molar-refractivity contribution in [2.45, 2.75) is 46.1 Å². The Labute approximate surface area is 165 Å². The summed E-state index contributed by atoms with van der Waals surface area (Å²) in [6, 6.07) is 3.96. The Morgan fingerprint density at radius 2 is 1.65 bits per heavy atom. The number of hydrogen-bond acceptors (Lipinski definition) is 1. The van der Waals surface area contributed by atoms with Gasteiger partial charge in [-0.3, -0.25) is 0 Å². The minimum Gasteiger partial charge on any atom is -0.147 e. The molecule has 0 aromatic heterocycles. The standard InChI is InChI=1S/C10H7Cl2.C4H10N.2CH3.2ClH.H2Si.Zr/c1-6-2-7-4-8(11)5-10(12)9(7)3-6;1-4(2,3)5;;;;;;/h2-5H,1H3;5H,1-3H3;2*1H3;2*1H;1H2;/q;-1;;;;;;+1. The Bertz CT molecular complexity index is 701. The molecule has 0 fully saturated rings. The largest absolute Gasteiger partial charge is 0.147 e. The monoisotopic (exact) mass is 491 g/mol. The Hall–Kier alpha value is 1.18. The van der Waals surface area contributed by atoms with E-state index in [2.05, 4.69) is 59.2 Å². The SMILES string of the molecule is CC1=Cc2c(Cl)cc(Cl)cc2[CH]1[Zr]([CH3])([CH3])(=[SiH2])[NH]C(C)(C)C.Cl.Cl. The molecule has 0 amide bonds. The molecule has 1 N–H and O–H groups in total. The van der Waals surface area contributed by atoms with Crippen LogP contribution in [0.15, 0.2) is 17.7 Å². The first-order chi connectivity index (χ1) is 9.28. The van der Waals surface area contributed by atoms with Gasteiger partial charge in [0.2, 0.25) is 0 Å². The van der Waals surface area contributed by atoms with E-state index in [1.54, 1.807) is 0 Å². The summed E-state index contributed by atoms with van der Waals surface area (Å²) in [5.41, 5.74) is 4.00. The van der Waals surface area contributed by atoms with Crippen molar-refractivity contribution >= 4 is 61.0 Å². The molecule has 1 nitrogen and oxygen atoms in total. The molecule has 0 heterocycles. The summed E-state index contributed by atoms with van der Waals surface area (Å²) in [7, 11) is 0. The zero-order valence-corrected chi connectivity index (χ0v) is 21.6. The Balaban J connectivity index is 0.00000242. The van der Waals surface area contributed by atoms with Crippen molar-refractivity contribution in [3.8, 4) is 0 Å². The Morgan fingerprint density at radius 3 is 2.13 bits per heavy atom. The molecule has 0 bridgehead atoms. The number of allylic oxidation sites excluding steroid dienone is 1. The van der Waals surface area contributed by atoms with E-state index in [0.29, 0.717) is 3.63 Å². The topological polar surface area (TPSA) is 12.0 Å². The molecule has 1 aromatic carbocycles. The van der Waals surface area contributed by atoms with Gasteiger partial charge in [-0.2, -0.15) is 0 Å². The molecule has 7 heteroatoms. The van der Waals surface area contributed by atoms with Crippen molar-refractivity contribution in [2.24, 2.45) is 0 Å². The maximum atomic E-state index is 6.41.